The second kappa shape index (κ2) is 12.3. The molecule has 0 fully saturated rings. The van der Waals surface area contributed by atoms with Crippen LogP contribution in [0.2, 0.25) is 0 Å². The monoisotopic (exact) mass is 424 g/mol. The third kappa shape index (κ3) is 7.10. The number of hydrogen-bond acceptors (Lipinski definition) is 3. The zero-order chi connectivity index (χ0) is 21.8. The Morgan fingerprint density at radius 3 is 1.48 bits per heavy atom. The molecule has 0 bridgehead atoms. The molecule has 0 radical (unpaired) electrons. The Balaban J connectivity index is 3.45. The van der Waals surface area contributed by atoms with Crippen molar-refractivity contribution in [2.45, 2.75) is 79.1 Å². The van der Waals surface area contributed by atoms with Crippen molar-refractivity contribution in [3.63, 3.8) is 0 Å². The molecule has 0 amide bonds. The Morgan fingerprint density at radius 1 is 0.759 bits per heavy atom. The molecule has 0 aliphatic carbocycles. The summed E-state index contributed by atoms with van der Waals surface area (Å²) in [5.74, 6) is -1.51. The van der Waals surface area contributed by atoms with Crippen LogP contribution < -0.4 is 0 Å². The van der Waals surface area contributed by atoms with Crippen LogP contribution in [-0.4, -0.2) is 41.7 Å². The summed E-state index contributed by atoms with van der Waals surface area (Å²) in [5.41, 5.74) is 0.223. The van der Waals surface area contributed by atoms with Crippen molar-refractivity contribution in [1.29, 1.82) is 0 Å². The number of aromatic carboxylic acids is 1. The van der Waals surface area contributed by atoms with Crippen LogP contribution in [0.1, 0.15) is 99.8 Å². The molecule has 1 rings (SSSR count). The average molecular weight is 425 g/mol. The molecule has 29 heavy (non-hydrogen) atoms. The van der Waals surface area contributed by atoms with E-state index in [1.165, 1.54) is 6.07 Å². The van der Waals surface area contributed by atoms with Crippen molar-refractivity contribution in [3.8, 4) is 0 Å². The van der Waals surface area contributed by atoms with E-state index in [2.05, 4.69) is 27.7 Å². The SMILES string of the molecule is CCCCP(CCCC)(CCCC)(CCCC)OC(=O)c1ccccc1C(=O)O. The van der Waals surface area contributed by atoms with E-state index >= 15 is 0 Å². The van der Waals surface area contributed by atoms with Gasteiger partial charge in [-0.2, -0.15) is 0 Å². The molecule has 0 heterocycles. The van der Waals surface area contributed by atoms with Gasteiger partial charge in [0, 0.05) is 0 Å². The number of carbonyl (C=O) groups is 2. The molecule has 1 aromatic rings. The van der Waals surface area contributed by atoms with Crippen LogP contribution in [0.4, 0.5) is 0 Å². The van der Waals surface area contributed by atoms with Gasteiger partial charge in [0.05, 0.1) is 0 Å². The van der Waals surface area contributed by atoms with Gasteiger partial charge in [-0.15, -0.1) is 0 Å². The van der Waals surface area contributed by atoms with Crippen LogP contribution in [0.3, 0.4) is 0 Å². The number of hydrogen-bond donors (Lipinski definition) is 1. The zero-order valence-electron chi connectivity index (χ0n) is 18.9. The fraction of sp³-hybridized carbons (Fsp3) is 0.667. The molecule has 0 atom stereocenters. The van der Waals surface area contributed by atoms with E-state index in [9.17, 15) is 14.7 Å². The Labute approximate surface area is 177 Å². The second-order valence-electron chi connectivity index (χ2n) is 8.40. The summed E-state index contributed by atoms with van der Waals surface area (Å²) in [7, 11) is 0. The maximum absolute atomic E-state index is 13.4. The number of carboxylic acids is 1. The van der Waals surface area contributed by atoms with Crippen LogP contribution in [0.15, 0.2) is 24.3 Å². The quantitative estimate of drug-likeness (QED) is 0.302. The third-order valence-corrected chi connectivity index (χ3v) is 12.5. The van der Waals surface area contributed by atoms with E-state index in [1.54, 1.807) is 18.2 Å². The molecule has 0 aliphatic heterocycles. The first-order valence-electron chi connectivity index (χ1n) is 11.4. The maximum atomic E-state index is 13.4. The summed E-state index contributed by atoms with van der Waals surface area (Å²) >= 11 is 0. The average Bonchev–Trinajstić information content (AvgIpc) is 2.74. The molecule has 0 spiro atoms. The first kappa shape index (κ1) is 25.6. The van der Waals surface area contributed by atoms with Gasteiger partial charge < -0.3 is 0 Å². The van der Waals surface area contributed by atoms with Crippen LogP contribution in [0.5, 0.6) is 0 Å². The molecule has 0 aromatic heterocycles. The van der Waals surface area contributed by atoms with Crippen LogP contribution in [-0.2, 0) is 4.52 Å². The van der Waals surface area contributed by atoms with Crippen molar-refractivity contribution >= 4 is 18.8 Å². The first-order valence-corrected chi connectivity index (χ1v) is 14.3. The molecule has 4 nitrogen and oxygen atoms in total. The van der Waals surface area contributed by atoms with Crippen molar-refractivity contribution in [2.75, 3.05) is 24.6 Å². The molecule has 166 valence electrons. The van der Waals surface area contributed by atoms with E-state index in [-0.39, 0.29) is 11.1 Å². The molecule has 0 saturated heterocycles. The van der Waals surface area contributed by atoms with Gasteiger partial charge in [0.1, 0.15) is 0 Å². The number of carbonyl (C=O) groups excluding carboxylic acids is 1. The third-order valence-electron chi connectivity index (χ3n) is 6.03. The fourth-order valence-corrected chi connectivity index (χ4v) is 11.0. The van der Waals surface area contributed by atoms with E-state index in [0.717, 1.165) is 76.0 Å². The fourth-order valence-electron chi connectivity index (χ4n) is 4.22. The topological polar surface area (TPSA) is 63.6 Å². The number of rotatable bonds is 15. The van der Waals surface area contributed by atoms with Gasteiger partial charge in [-0.05, 0) is 0 Å². The van der Waals surface area contributed by atoms with E-state index in [4.69, 9.17) is 4.52 Å². The molecule has 1 N–H and O–H groups in total. The number of benzene rings is 1. The summed E-state index contributed by atoms with van der Waals surface area (Å²) < 4.78 is 6.64. The number of unbranched alkanes of at least 4 members (excludes halogenated alkanes) is 4. The first-order chi connectivity index (χ1) is 13.9. The predicted octanol–water partition coefficient (Wildman–Crippen LogP) is 7.21. The van der Waals surface area contributed by atoms with Crippen LogP contribution in [0, 0.1) is 0 Å². The number of carboxylic acid groups (broad SMARTS) is 1. The normalized spacial score (nSPS) is 12.9. The van der Waals surface area contributed by atoms with Gasteiger partial charge in [0.2, 0.25) is 0 Å². The van der Waals surface area contributed by atoms with E-state index < -0.39 is 18.8 Å². The minimum absolute atomic E-state index is 0.0334. The van der Waals surface area contributed by atoms with Gasteiger partial charge in [0.25, 0.3) is 0 Å². The van der Waals surface area contributed by atoms with E-state index in [0.29, 0.717) is 0 Å². The van der Waals surface area contributed by atoms with Crippen LogP contribution >= 0.6 is 6.83 Å². The van der Waals surface area contributed by atoms with Crippen molar-refractivity contribution < 1.29 is 19.2 Å². The van der Waals surface area contributed by atoms with Crippen molar-refractivity contribution in [1.82, 2.24) is 0 Å². The molecule has 0 saturated carbocycles. The summed E-state index contributed by atoms with van der Waals surface area (Å²) in [5, 5.41) is 9.55. The van der Waals surface area contributed by atoms with Crippen molar-refractivity contribution in [3.05, 3.63) is 35.4 Å². The second-order valence-corrected chi connectivity index (χ2v) is 14.1. The standard InChI is InChI=1S/C24H41O4P/c1-5-9-17-29(18-10-6-2,19-11-7-3,20-12-8-4)28-24(27)22-16-14-13-15-21(22)23(25)26/h13-16H,5-12,17-20H2,1-4H3,(H,25,26). The van der Waals surface area contributed by atoms with Crippen molar-refractivity contribution in [2.24, 2.45) is 0 Å². The van der Waals surface area contributed by atoms with Gasteiger partial charge >= 0.3 is 177 Å². The molecule has 1 aromatic carbocycles. The predicted molar refractivity (Wildman–Crippen MR) is 125 cm³/mol. The summed E-state index contributed by atoms with van der Waals surface area (Å²) in [6, 6.07) is 6.46. The van der Waals surface area contributed by atoms with Crippen LogP contribution in [0.25, 0.3) is 0 Å². The Bertz CT molecular complexity index is 613. The summed E-state index contributed by atoms with van der Waals surface area (Å²) in [6.07, 6.45) is 12.4. The van der Waals surface area contributed by atoms with Gasteiger partial charge in [-0.1, -0.05) is 0 Å². The Kier molecular flexibility index (Phi) is 10.9. The molecular formula is C24H41O4P. The molecule has 0 unspecified atom stereocenters. The molecule has 5 heteroatoms. The summed E-state index contributed by atoms with van der Waals surface area (Å²) in [4.78, 5) is 25.1. The Hall–Kier alpha value is -1.41. The molecular weight excluding hydrogens is 383 g/mol. The minimum atomic E-state index is -2.78. The van der Waals surface area contributed by atoms with Gasteiger partial charge in [-0.3, -0.25) is 0 Å². The van der Waals surface area contributed by atoms with E-state index in [1.807, 2.05) is 0 Å². The molecule has 0 aliphatic rings. The van der Waals surface area contributed by atoms with Gasteiger partial charge in [-0.25, -0.2) is 0 Å². The summed E-state index contributed by atoms with van der Waals surface area (Å²) in [6.45, 7) is 5.97. The Morgan fingerprint density at radius 2 is 1.14 bits per heavy atom. The van der Waals surface area contributed by atoms with Gasteiger partial charge in [0.15, 0.2) is 0 Å². The zero-order valence-corrected chi connectivity index (χ0v) is 19.8.